The molecule has 0 spiro atoms. The summed E-state index contributed by atoms with van der Waals surface area (Å²) in [5.74, 6) is 1.90. The van der Waals surface area contributed by atoms with Crippen molar-refractivity contribution < 1.29 is 19.1 Å². The molecule has 2 aromatic rings. The molecule has 30 heavy (non-hydrogen) atoms. The largest absolute Gasteiger partial charge is 0.494 e. The van der Waals surface area contributed by atoms with E-state index >= 15 is 0 Å². The van der Waals surface area contributed by atoms with E-state index in [-0.39, 0.29) is 24.9 Å². The van der Waals surface area contributed by atoms with Gasteiger partial charge in [0, 0.05) is 24.7 Å². The van der Waals surface area contributed by atoms with E-state index in [1.54, 1.807) is 12.3 Å². The number of aromatic nitrogens is 1. The molecule has 0 aliphatic carbocycles. The molecule has 0 aliphatic heterocycles. The van der Waals surface area contributed by atoms with E-state index in [1.807, 2.05) is 30.3 Å². The van der Waals surface area contributed by atoms with Crippen LogP contribution >= 0.6 is 0 Å². The number of benzene rings is 1. The first-order valence-electron chi connectivity index (χ1n) is 10.4. The van der Waals surface area contributed by atoms with Crippen molar-refractivity contribution >= 4 is 11.8 Å². The second-order valence-electron chi connectivity index (χ2n) is 7.38. The van der Waals surface area contributed by atoms with E-state index in [0.717, 1.165) is 24.2 Å². The molecule has 2 N–H and O–H groups in total. The van der Waals surface area contributed by atoms with Crippen LogP contribution in [-0.2, 0) is 16.1 Å². The third-order valence-electron chi connectivity index (χ3n) is 4.23. The van der Waals surface area contributed by atoms with E-state index < -0.39 is 0 Å². The smallest absolute Gasteiger partial charge is 0.239 e. The molecule has 0 fully saturated rings. The zero-order chi connectivity index (χ0) is 21.8. The minimum absolute atomic E-state index is 0.0490. The Labute approximate surface area is 178 Å². The van der Waals surface area contributed by atoms with E-state index in [0.29, 0.717) is 30.6 Å². The van der Waals surface area contributed by atoms with Gasteiger partial charge in [-0.05, 0) is 49.1 Å². The molecule has 2 amide bonds. The minimum atomic E-state index is -0.264. The fraction of sp³-hybridized carbons (Fsp3) is 0.435. The van der Waals surface area contributed by atoms with Crippen molar-refractivity contribution in [1.29, 1.82) is 0 Å². The van der Waals surface area contributed by atoms with Crippen molar-refractivity contribution in [3.8, 4) is 17.4 Å². The average molecular weight is 414 g/mol. The van der Waals surface area contributed by atoms with Gasteiger partial charge in [-0.2, -0.15) is 0 Å². The highest BCUT2D eigenvalue weighted by molar-refractivity contribution is 5.84. The maximum absolute atomic E-state index is 12.1. The number of carbonyl (C=O) groups is 2. The number of nitrogens with zero attached hydrogens (tertiary/aromatic N) is 1. The van der Waals surface area contributed by atoms with Crippen LogP contribution in [0.4, 0.5) is 0 Å². The van der Waals surface area contributed by atoms with E-state index in [9.17, 15) is 9.59 Å². The molecule has 1 aromatic carbocycles. The van der Waals surface area contributed by atoms with Crippen molar-refractivity contribution in [3.63, 3.8) is 0 Å². The van der Waals surface area contributed by atoms with E-state index in [2.05, 4.69) is 36.4 Å². The normalized spacial score (nSPS) is 10.5. The predicted octanol–water partition coefficient (Wildman–Crippen LogP) is 3.83. The molecule has 7 heteroatoms. The van der Waals surface area contributed by atoms with Gasteiger partial charge in [-0.1, -0.05) is 26.8 Å². The van der Waals surface area contributed by atoms with Gasteiger partial charge < -0.3 is 20.1 Å². The number of hydrogen-bond donors (Lipinski definition) is 2. The van der Waals surface area contributed by atoms with Crippen molar-refractivity contribution in [3.05, 3.63) is 48.2 Å². The quantitative estimate of drug-likeness (QED) is 0.552. The lowest BCUT2D eigenvalue weighted by molar-refractivity contribution is -0.126. The fourth-order valence-electron chi connectivity index (χ4n) is 2.53. The SMILES string of the molecule is CCCOc1ccc(Oc2ncccc2CNC(=O)CNC(=O)CCC(C)C)cc1. The summed E-state index contributed by atoms with van der Waals surface area (Å²) < 4.78 is 11.4. The number of carbonyl (C=O) groups excluding carboxylic acids is 2. The summed E-state index contributed by atoms with van der Waals surface area (Å²) in [6, 6.07) is 10.9. The van der Waals surface area contributed by atoms with Crippen LogP contribution in [0.3, 0.4) is 0 Å². The Balaban J connectivity index is 1.84. The monoisotopic (exact) mass is 413 g/mol. The van der Waals surface area contributed by atoms with Gasteiger partial charge >= 0.3 is 0 Å². The van der Waals surface area contributed by atoms with Crippen molar-refractivity contribution in [2.24, 2.45) is 5.92 Å². The van der Waals surface area contributed by atoms with Crippen LogP contribution < -0.4 is 20.1 Å². The summed E-state index contributed by atoms with van der Waals surface area (Å²) in [6.45, 7) is 7.04. The highest BCUT2D eigenvalue weighted by Crippen LogP contribution is 2.25. The first-order valence-corrected chi connectivity index (χ1v) is 10.4. The first kappa shape index (κ1) is 23.2. The van der Waals surface area contributed by atoms with Gasteiger partial charge in [0.2, 0.25) is 17.7 Å². The fourth-order valence-corrected chi connectivity index (χ4v) is 2.53. The van der Waals surface area contributed by atoms with Gasteiger partial charge in [0.05, 0.1) is 13.2 Å². The van der Waals surface area contributed by atoms with Crippen LogP contribution in [0, 0.1) is 5.92 Å². The van der Waals surface area contributed by atoms with Gasteiger partial charge in [0.25, 0.3) is 0 Å². The number of hydrogen-bond acceptors (Lipinski definition) is 5. The van der Waals surface area contributed by atoms with Gasteiger partial charge in [-0.3, -0.25) is 9.59 Å². The molecule has 0 bridgehead atoms. The van der Waals surface area contributed by atoms with Gasteiger partial charge in [-0.15, -0.1) is 0 Å². The Morgan fingerprint density at radius 1 is 1.03 bits per heavy atom. The lowest BCUT2D eigenvalue weighted by Gasteiger charge is -2.12. The summed E-state index contributed by atoms with van der Waals surface area (Å²) in [5.41, 5.74) is 0.739. The second kappa shape index (κ2) is 12.5. The average Bonchev–Trinajstić information content (AvgIpc) is 2.75. The molecule has 7 nitrogen and oxygen atoms in total. The molecule has 0 atom stereocenters. The number of nitrogens with one attached hydrogen (secondary N) is 2. The van der Waals surface area contributed by atoms with Crippen LogP contribution in [0.5, 0.6) is 17.4 Å². The molecule has 162 valence electrons. The summed E-state index contributed by atoms with van der Waals surface area (Å²) in [6.07, 6.45) is 3.81. The number of amides is 2. The van der Waals surface area contributed by atoms with Crippen LogP contribution in [0.1, 0.15) is 45.6 Å². The Morgan fingerprint density at radius 3 is 2.47 bits per heavy atom. The highest BCUT2D eigenvalue weighted by Gasteiger charge is 2.10. The number of ether oxygens (including phenoxy) is 2. The predicted molar refractivity (Wildman–Crippen MR) is 115 cm³/mol. The molecule has 0 aliphatic rings. The van der Waals surface area contributed by atoms with E-state index in [4.69, 9.17) is 9.47 Å². The van der Waals surface area contributed by atoms with Crippen LogP contribution in [0.25, 0.3) is 0 Å². The van der Waals surface area contributed by atoms with Crippen molar-refractivity contribution in [2.45, 2.75) is 46.6 Å². The summed E-state index contributed by atoms with van der Waals surface area (Å²) >= 11 is 0. The molecular formula is C23H31N3O4. The molecule has 2 rings (SSSR count). The maximum atomic E-state index is 12.1. The second-order valence-corrected chi connectivity index (χ2v) is 7.38. The molecule has 0 saturated heterocycles. The Morgan fingerprint density at radius 2 is 1.77 bits per heavy atom. The zero-order valence-corrected chi connectivity index (χ0v) is 17.9. The number of rotatable bonds is 12. The Kier molecular flexibility index (Phi) is 9.64. The van der Waals surface area contributed by atoms with E-state index in [1.165, 1.54) is 0 Å². The maximum Gasteiger partial charge on any atom is 0.239 e. The molecule has 0 radical (unpaired) electrons. The standard InChI is InChI=1S/C23H31N3O4/c1-4-14-29-19-8-10-20(11-9-19)30-23-18(6-5-13-24-23)15-25-22(28)16-26-21(27)12-7-17(2)3/h5-6,8-11,13,17H,4,7,12,14-16H2,1-3H3,(H,25,28)(H,26,27). The summed E-state index contributed by atoms with van der Waals surface area (Å²) in [4.78, 5) is 28.1. The Hall–Kier alpha value is -3.09. The molecule has 1 heterocycles. The topological polar surface area (TPSA) is 89.6 Å². The number of pyridine rings is 1. The molecular weight excluding hydrogens is 382 g/mol. The van der Waals surface area contributed by atoms with Crippen LogP contribution in [0.15, 0.2) is 42.6 Å². The lowest BCUT2D eigenvalue weighted by atomic mass is 10.1. The molecule has 0 saturated carbocycles. The Bertz CT molecular complexity index is 806. The lowest BCUT2D eigenvalue weighted by Crippen LogP contribution is -2.36. The van der Waals surface area contributed by atoms with Crippen molar-refractivity contribution in [2.75, 3.05) is 13.2 Å². The van der Waals surface area contributed by atoms with Gasteiger partial charge in [0.15, 0.2) is 0 Å². The van der Waals surface area contributed by atoms with Gasteiger partial charge in [-0.25, -0.2) is 4.98 Å². The van der Waals surface area contributed by atoms with Crippen molar-refractivity contribution in [1.82, 2.24) is 15.6 Å². The summed E-state index contributed by atoms with van der Waals surface area (Å²) in [7, 11) is 0. The van der Waals surface area contributed by atoms with Gasteiger partial charge in [0.1, 0.15) is 11.5 Å². The first-order chi connectivity index (χ1) is 14.5. The molecule has 1 aromatic heterocycles. The third-order valence-corrected chi connectivity index (χ3v) is 4.23. The zero-order valence-electron chi connectivity index (χ0n) is 17.9. The third kappa shape index (κ3) is 8.51. The van der Waals surface area contributed by atoms with Crippen LogP contribution in [0.2, 0.25) is 0 Å². The molecule has 0 unspecified atom stereocenters. The minimum Gasteiger partial charge on any atom is -0.494 e. The highest BCUT2D eigenvalue weighted by atomic mass is 16.5. The summed E-state index contributed by atoms with van der Waals surface area (Å²) in [5, 5.41) is 5.42. The van der Waals surface area contributed by atoms with Crippen LogP contribution in [-0.4, -0.2) is 29.9 Å².